The Morgan fingerprint density at radius 2 is 1.95 bits per heavy atom. The van der Waals surface area contributed by atoms with Crippen LogP contribution in [0.15, 0.2) is 24.3 Å². The van der Waals surface area contributed by atoms with E-state index in [0.717, 1.165) is 30.2 Å². The van der Waals surface area contributed by atoms with E-state index in [1.54, 1.807) is 0 Å². The van der Waals surface area contributed by atoms with Crippen molar-refractivity contribution in [3.8, 4) is 0 Å². The second-order valence-electron chi connectivity index (χ2n) is 5.17. The van der Waals surface area contributed by atoms with Crippen LogP contribution in [-0.2, 0) is 5.33 Å². The number of amides is 1. The molecular formula is C15H20BrNO2. The molecule has 1 fully saturated rings. The van der Waals surface area contributed by atoms with Crippen LogP contribution in [0.5, 0.6) is 0 Å². The number of carbonyl (C=O) groups excluding carboxylic acids is 1. The highest BCUT2D eigenvalue weighted by molar-refractivity contribution is 9.08. The third-order valence-electron chi connectivity index (χ3n) is 3.95. The Labute approximate surface area is 122 Å². The number of aliphatic hydroxyl groups is 1. The molecule has 19 heavy (non-hydrogen) atoms. The number of halogens is 1. The molecule has 2 rings (SSSR count). The Bertz CT molecular complexity index is 419. The summed E-state index contributed by atoms with van der Waals surface area (Å²) < 4.78 is 0. The highest BCUT2D eigenvalue weighted by Crippen LogP contribution is 2.30. The van der Waals surface area contributed by atoms with E-state index < -0.39 is 0 Å². The van der Waals surface area contributed by atoms with E-state index >= 15 is 0 Å². The molecule has 1 aliphatic rings. The van der Waals surface area contributed by atoms with Crippen LogP contribution in [0.1, 0.15) is 35.2 Å². The fourth-order valence-corrected chi connectivity index (χ4v) is 3.07. The lowest BCUT2D eigenvalue weighted by molar-refractivity contribution is 0.0938. The normalized spacial score (nSPS) is 22.4. The number of hydrogen-bond donors (Lipinski definition) is 2. The molecule has 0 heterocycles. The minimum Gasteiger partial charge on any atom is -0.396 e. The van der Waals surface area contributed by atoms with Crippen LogP contribution >= 0.6 is 15.9 Å². The zero-order valence-electron chi connectivity index (χ0n) is 10.9. The first-order chi connectivity index (χ1) is 9.24. The van der Waals surface area contributed by atoms with Crippen molar-refractivity contribution in [2.24, 2.45) is 11.8 Å². The molecule has 0 saturated heterocycles. The van der Waals surface area contributed by atoms with Gasteiger partial charge >= 0.3 is 0 Å². The third-order valence-corrected chi connectivity index (χ3v) is 4.59. The van der Waals surface area contributed by atoms with Crippen LogP contribution < -0.4 is 5.32 Å². The van der Waals surface area contributed by atoms with Gasteiger partial charge in [-0.3, -0.25) is 4.79 Å². The van der Waals surface area contributed by atoms with Crippen LogP contribution in [-0.4, -0.2) is 24.2 Å². The Morgan fingerprint density at radius 1 is 1.26 bits per heavy atom. The van der Waals surface area contributed by atoms with Crippen molar-refractivity contribution < 1.29 is 9.90 Å². The first-order valence-electron chi connectivity index (χ1n) is 6.78. The molecule has 1 aromatic carbocycles. The molecule has 0 aromatic heterocycles. The number of benzene rings is 1. The molecule has 1 aromatic rings. The Hall–Kier alpha value is -0.870. The van der Waals surface area contributed by atoms with E-state index in [1.807, 2.05) is 24.3 Å². The maximum absolute atomic E-state index is 12.0. The van der Waals surface area contributed by atoms with Crippen molar-refractivity contribution in [2.75, 3.05) is 13.2 Å². The first-order valence-corrected chi connectivity index (χ1v) is 7.90. The molecule has 0 spiro atoms. The van der Waals surface area contributed by atoms with Crippen LogP contribution in [0.4, 0.5) is 0 Å². The van der Waals surface area contributed by atoms with Gasteiger partial charge in [0.25, 0.3) is 5.91 Å². The van der Waals surface area contributed by atoms with Crippen molar-refractivity contribution in [1.29, 1.82) is 0 Å². The molecule has 0 bridgehead atoms. The van der Waals surface area contributed by atoms with E-state index in [2.05, 4.69) is 21.2 Å². The van der Waals surface area contributed by atoms with Gasteiger partial charge < -0.3 is 10.4 Å². The molecule has 1 amide bonds. The summed E-state index contributed by atoms with van der Waals surface area (Å²) in [6, 6.07) is 7.61. The van der Waals surface area contributed by atoms with Crippen molar-refractivity contribution in [3.05, 3.63) is 35.4 Å². The van der Waals surface area contributed by atoms with E-state index in [4.69, 9.17) is 0 Å². The molecule has 2 N–H and O–H groups in total. The van der Waals surface area contributed by atoms with Crippen molar-refractivity contribution in [1.82, 2.24) is 5.32 Å². The number of carbonyl (C=O) groups is 1. The smallest absolute Gasteiger partial charge is 0.251 e. The second kappa shape index (κ2) is 7.06. The molecule has 1 aliphatic carbocycles. The molecule has 3 nitrogen and oxygen atoms in total. The number of rotatable bonds is 5. The summed E-state index contributed by atoms with van der Waals surface area (Å²) in [5.74, 6) is 0.761. The van der Waals surface area contributed by atoms with Gasteiger partial charge in [0.05, 0.1) is 0 Å². The lowest BCUT2D eigenvalue weighted by Gasteiger charge is -2.17. The van der Waals surface area contributed by atoms with Gasteiger partial charge in [-0.05, 0) is 42.4 Å². The fourth-order valence-electron chi connectivity index (χ4n) is 2.69. The Kier molecular flexibility index (Phi) is 5.40. The predicted molar refractivity (Wildman–Crippen MR) is 79.3 cm³/mol. The average molecular weight is 326 g/mol. The van der Waals surface area contributed by atoms with Crippen molar-refractivity contribution in [2.45, 2.75) is 24.6 Å². The van der Waals surface area contributed by atoms with Gasteiger partial charge in [-0.25, -0.2) is 0 Å². The fraction of sp³-hybridized carbons (Fsp3) is 0.533. The summed E-state index contributed by atoms with van der Waals surface area (Å²) in [6.45, 7) is 0.907. The largest absolute Gasteiger partial charge is 0.396 e. The number of hydrogen-bond acceptors (Lipinski definition) is 2. The standard InChI is InChI=1S/C15H20BrNO2/c16-8-11-4-6-12(7-5-11)15(19)17-9-13-2-1-3-14(13)10-18/h4-7,13-14,18H,1-3,8-10H2,(H,17,19). The Balaban J connectivity index is 1.86. The zero-order chi connectivity index (χ0) is 13.7. The molecular weight excluding hydrogens is 306 g/mol. The van der Waals surface area contributed by atoms with Crippen LogP contribution in [0, 0.1) is 11.8 Å². The summed E-state index contributed by atoms with van der Waals surface area (Å²) in [5.41, 5.74) is 1.86. The summed E-state index contributed by atoms with van der Waals surface area (Å²) in [5, 5.41) is 13.0. The van der Waals surface area contributed by atoms with Gasteiger partial charge in [-0.1, -0.05) is 34.5 Å². The molecule has 104 valence electrons. The number of alkyl halides is 1. The molecule has 0 radical (unpaired) electrons. The Morgan fingerprint density at radius 3 is 2.58 bits per heavy atom. The van der Waals surface area contributed by atoms with E-state index in [0.29, 0.717) is 23.9 Å². The van der Waals surface area contributed by atoms with Gasteiger partial charge in [0.1, 0.15) is 0 Å². The first kappa shape index (κ1) is 14.5. The van der Waals surface area contributed by atoms with Gasteiger partial charge in [0, 0.05) is 24.0 Å². The van der Waals surface area contributed by atoms with Crippen LogP contribution in [0.2, 0.25) is 0 Å². The molecule has 2 unspecified atom stereocenters. The SMILES string of the molecule is O=C(NCC1CCCC1CO)c1ccc(CBr)cc1. The lowest BCUT2D eigenvalue weighted by Crippen LogP contribution is -2.31. The minimum absolute atomic E-state index is 0.0234. The van der Waals surface area contributed by atoms with Gasteiger partial charge in [-0.15, -0.1) is 0 Å². The highest BCUT2D eigenvalue weighted by Gasteiger charge is 2.26. The molecule has 1 saturated carbocycles. The maximum atomic E-state index is 12.0. The van der Waals surface area contributed by atoms with Gasteiger partial charge in [-0.2, -0.15) is 0 Å². The molecule has 4 heteroatoms. The highest BCUT2D eigenvalue weighted by atomic mass is 79.9. The van der Waals surface area contributed by atoms with Crippen molar-refractivity contribution in [3.63, 3.8) is 0 Å². The summed E-state index contributed by atoms with van der Waals surface area (Å²) in [7, 11) is 0. The monoisotopic (exact) mass is 325 g/mol. The van der Waals surface area contributed by atoms with E-state index in [9.17, 15) is 9.90 Å². The minimum atomic E-state index is -0.0234. The number of nitrogens with one attached hydrogen (secondary N) is 1. The summed E-state index contributed by atoms with van der Waals surface area (Å²) >= 11 is 3.38. The quantitative estimate of drug-likeness (QED) is 0.818. The lowest BCUT2D eigenvalue weighted by atomic mass is 9.97. The number of aliphatic hydroxyl groups excluding tert-OH is 1. The predicted octanol–water partition coefficient (Wildman–Crippen LogP) is 2.72. The van der Waals surface area contributed by atoms with Gasteiger partial charge in [0.15, 0.2) is 0 Å². The topological polar surface area (TPSA) is 49.3 Å². The molecule has 2 atom stereocenters. The van der Waals surface area contributed by atoms with Crippen LogP contribution in [0.3, 0.4) is 0 Å². The van der Waals surface area contributed by atoms with Gasteiger partial charge in [0.2, 0.25) is 0 Å². The maximum Gasteiger partial charge on any atom is 0.251 e. The van der Waals surface area contributed by atoms with Crippen molar-refractivity contribution >= 4 is 21.8 Å². The van der Waals surface area contributed by atoms with E-state index in [-0.39, 0.29) is 12.5 Å². The third kappa shape index (κ3) is 3.80. The summed E-state index contributed by atoms with van der Waals surface area (Å²) in [4.78, 5) is 12.0. The zero-order valence-corrected chi connectivity index (χ0v) is 12.5. The van der Waals surface area contributed by atoms with Crippen LogP contribution in [0.25, 0.3) is 0 Å². The average Bonchev–Trinajstić information content (AvgIpc) is 2.92. The van der Waals surface area contributed by atoms with E-state index in [1.165, 1.54) is 0 Å². The second-order valence-corrected chi connectivity index (χ2v) is 5.73. The molecule has 0 aliphatic heterocycles. The summed E-state index contributed by atoms with van der Waals surface area (Å²) in [6.07, 6.45) is 3.34.